The second-order valence-electron chi connectivity index (χ2n) is 4.87. The van der Waals surface area contributed by atoms with Crippen molar-refractivity contribution in [3.05, 3.63) is 66.0 Å². The summed E-state index contributed by atoms with van der Waals surface area (Å²) in [6.45, 7) is 2.31. The van der Waals surface area contributed by atoms with Crippen molar-refractivity contribution in [1.82, 2.24) is 15.2 Å². The maximum atomic E-state index is 12.7. The molecule has 102 valence electrons. The molecule has 0 bridgehead atoms. The van der Waals surface area contributed by atoms with E-state index in [2.05, 4.69) is 10.3 Å². The van der Waals surface area contributed by atoms with Crippen molar-refractivity contribution in [3.63, 3.8) is 0 Å². The Labute approximate surface area is 118 Å². The van der Waals surface area contributed by atoms with E-state index in [1.807, 2.05) is 53.6 Å². The molecule has 1 aromatic heterocycles. The van der Waals surface area contributed by atoms with Crippen LogP contribution in [0.2, 0.25) is 0 Å². The number of piperazine rings is 1. The highest BCUT2D eigenvalue weighted by Crippen LogP contribution is 2.23. The van der Waals surface area contributed by atoms with Crippen LogP contribution in [0.15, 0.2) is 54.9 Å². The smallest absolute Gasteiger partial charge is 0.254 e. The van der Waals surface area contributed by atoms with Crippen LogP contribution in [-0.2, 0) is 0 Å². The molecule has 0 radical (unpaired) electrons. The van der Waals surface area contributed by atoms with Crippen molar-refractivity contribution >= 4 is 5.91 Å². The van der Waals surface area contributed by atoms with Crippen LogP contribution >= 0.6 is 0 Å². The number of nitrogens with one attached hydrogen (secondary N) is 1. The Bertz CT molecular complexity index is 571. The van der Waals surface area contributed by atoms with E-state index in [9.17, 15) is 4.79 Å². The maximum absolute atomic E-state index is 12.7. The Morgan fingerprint density at radius 1 is 1.20 bits per heavy atom. The SMILES string of the molecule is O=C(c1ccccc1)N1CCNCC1c1cccnc1. The van der Waals surface area contributed by atoms with Gasteiger partial charge in [-0.25, -0.2) is 0 Å². The van der Waals surface area contributed by atoms with Gasteiger partial charge in [-0.1, -0.05) is 24.3 Å². The predicted octanol–water partition coefficient (Wildman–Crippen LogP) is 1.87. The summed E-state index contributed by atoms with van der Waals surface area (Å²) in [5.74, 6) is 0.0842. The van der Waals surface area contributed by atoms with Gasteiger partial charge in [-0.3, -0.25) is 9.78 Å². The first-order chi connectivity index (χ1) is 9.86. The van der Waals surface area contributed by atoms with Crippen molar-refractivity contribution in [1.29, 1.82) is 0 Å². The molecule has 2 aromatic rings. The summed E-state index contributed by atoms with van der Waals surface area (Å²) >= 11 is 0. The third kappa shape index (κ3) is 2.56. The van der Waals surface area contributed by atoms with Gasteiger partial charge in [0.05, 0.1) is 6.04 Å². The third-order valence-corrected chi connectivity index (χ3v) is 3.59. The van der Waals surface area contributed by atoms with Gasteiger partial charge in [0.25, 0.3) is 5.91 Å². The number of carbonyl (C=O) groups is 1. The molecule has 1 atom stereocenters. The zero-order valence-electron chi connectivity index (χ0n) is 11.2. The quantitative estimate of drug-likeness (QED) is 0.903. The van der Waals surface area contributed by atoms with E-state index in [1.165, 1.54) is 0 Å². The topological polar surface area (TPSA) is 45.2 Å². The molecule has 1 aliphatic rings. The average molecular weight is 267 g/mol. The Morgan fingerprint density at radius 2 is 2.05 bits per heavy atom. The molecule has 3 rings (SSSR count). The summed E-state index contributed by atoms with van der Waals surface area (Å²) < 4.78 is 0. The molecule has 20 heavy (non-hydrogen) atoms. The van der Waals surface area contributed by atoms with Crippen molar-refractivity contribution in [2.45, 2.75) is 6.04 Å². The van der Waals surface area contributed by atoms with Gasteiger partial charge in [0.15, 0.2) is 0 Å². The molecule has 1 aromatic carbocycles. The van der Waals surface area contributed by atoms with Crippen LogP contribution in [0.3, 0.4) is 0 Å². The Kier molecular flexibility index (Phi) is 3.74. The van der Waals surface area contributed by atoms with Gasteiger partial charge < -0.3 is 10.2 Å². The van der Waals surface area contributed by atoms with Gasteiger partial charge in [-0.05, 0) is 23.8 Å². The normalized spacial score (nSPS) is 18.8. The highest BCUT2D eigenvalue weighted by molar-refractivity contribution is 5.94. The minimum atomic E-state index is 0.0464. The zero-order chi connectivity index (χ0) is 13.8. The number of carbonyl (C=O) groups excluding carboxylic acids is 1. The van der Waals surface area contributed by atoms with E-state index in [-0.39, 0.29) is 11.9 Å². The number of nitrogens with zero attached hydrogens (tertiary/aromatic N) is 2. The number of hydrogen-bond donors (Lipinski definition) is 1. The first-order valence-electron chi connectivity index (χ1n) is 6.83. The van der Waals surface area contributed by atoms with Gasteiger partial charge >= 0.3 is 0 Å². The van der Waals surface area contributed by atoms with Crippen LogP contribution in [0.1, 0.15) is 22.0 Å². The fraction of sp³-hybridized carbons (Fsp3) is 0.250. The van der Waals surface area contributed by atoms with Gasteiger partial charge in [0.2, 0.25) is 0 Å². The maximum Gasteiger partial charge on any atom is 0.254 e. The molecule has 1 fully saturated rings. The second-order valence-corrected chi connectivity index (χ2v) is 4.87. The molecule has 2 heterocycles. The summed E-state index contributed by atoms with van der Waals surface area (Å²) in [4.78, 5) is 18.8. The molecule has 4 nitrogen and oxygen atoms in total. The van der Waals surface area contributed by atoms with Crippen LogP contribution < -0.4 is 5.32 Å². The Hall–Kier alpha value is -2.20. The van der Waals surface area contributed by atoms with E-state index in [0.717, 1.165) is 24.2 Å². The molecular formula is C16H17N3O. The lowest BCUT2D eigenvalue weighted by Crippen LogP contribution is -2.48. The van der Waals surface area contributed by atoms with Crippen molar-refractivity contribution in [2.75, 3.05) is 19.6 Å². The molecule has 4 heteroatoms. The summed E-state index contributed by atoms with van der Waals surface area (Å²) in [5, 5.41) is 3.35. The molecule has 1 saturated heterocycles. The van der Waals surface area contributed by atoms with E-state index >= 15 is 0 Å². The monoisotopic (exact) mass is 267 g/mol. The number of pyridine rings is 1. The second kappa shape index (κ2) is 5.84. The molecular weight excluding hydrogens is 250 g/mol. The van der Waals surface area contributed by atoms with Crippen LogP contribution in [0.5, 0.6) is 0 Å². The number of amides is 1. The minimum Gasteiger partial charge on any atom is -0.329 e. The molecule has 0 saturated carbocycles. The largest absolute Gasteiger partial charge is 0.329 e. The number of hydrogen-bond acceptors (Lipinski definition) is 3. The molecule has 1 N–H and O–H groups in total. The predicted molar refractivity (Wildman–Crippen MR) is 77.3 cm³/mol. The molecule has 1 aliphatic heterocycles. The molecule has 1 amide bonds. The van der Waals surface area contributed by atoms with Crippen LogP contribution in [-0.4, -0.2) is 35.4 Å². The number of aromatic nitrogens is 1. The van der Waals surface area contributed by atoms with Gasteiger partial charge in [0.1, 0.15) is 0 Å². The van der Waals surface area contributed by atoms with Gasteiger partial charge in [-0.15, -0.1) is 0 Å². The van der Waals surface area contributed by atoms with Crippen molar-refractivity contribution in [2.24, 2.45) is 0 Å². The minimum absolute atomic E-state index is 0.0464. The van der Waals surface area contributed by atoms with E-state index in [1.54, 1.807) is 6.20 Å². The zero-order valence-corrected chi connectivity index (χ0v) is 11.2. The standard InChI is InChI=1S/C16H17N3O/c20-16(13-5-2-1-3-6-13)19-10-9-18-12-15(19)14-7-4-8-17-11-14/h1-8,11,15,18H,9-10,12H2. The summed E-state index contributed by atoms with van der Waals surface area (Å²) in [5.41, 5.74) is 1.81. The molecule has 0 spiro atoms. The van der Waals surface area contributed by atoms with Crippen LogP contribution in [0, 0.1) is 0 Å². The summed E-state index contributed by atoms with van der Waals surface area (Å²) in [6, 6.07) is 13.4. The first kappa shape index (κ1) is 12.8. The summed E-state index contributed by atoms with van der Waals surface area (Å²) in [6.07, 6.45) is 3.59. The van der Waals surface area contributed by atoms with Gasteiger partial charge in [0, 0.05) is 37.6 Å². The van der Waals surface area contributed by atoms with E-state index in [0.29, 0.717) is 6.54 Å². The summed E-state index contributed by atoms with van der Waals surface area (Å²) in [7, 11) is 0. The Morgan fingerprint density at radius 3 is 2.80 bits per heavy atom. The van der Waals surface area contributed by atoms with Crippen LogP contribution in [0.4, 0.5) is 0 Å². The van der Waals surface area contributed by atoms with Crippen molar-refractivity contribution in [3.8, 4) is 0 Å². The van der Waals surface area contributed by atoms with E-state index < -0.39 is 0 Å². The first-order valence-corrected chi connectivity index (χ1v) is 6.83. The van der Waals surface area contributed by atoms with Gasteiger partial charge in [-0.2, -0.15) is 0 Å². The fourth-order valence-electron chi connectivity index (χ4n) is 2.56. The highest BCUT2D eigenvalue weighted by atomic mass is 16.2. The lowest BCUT2D eigenvalue weighted by Gasteiger charge is -2.36. The molecule has 1 unspecified atom stereocenters. The number of benzene rings is 1. The van der Waals surface area contributed by atoms with Crippen LogP contribution in [0.25, 0.3) is 0 Å². The van der Waals surface area contributed by atoms with E-state index in [4.69, 9.17) is 0 Å². The highest BCUT2D eigenvalue weighted by Gasteiger charge is 2.28. The third-order valence-electron chi connectivity index (χ3n) is 3.59. The molecule has 0 aliphatic carbocycles. The lowest BCUT2D eigenvalue weighted by atomic mass is 10.0. The van der Waals surface area contributed by atoms with Crippen molar-refractivity contribution < 1.29 is 4.79 Å². The average Bonchev–Trinajstić information content (AvgIpc) is 2.56. The number of rotatable bonds is 2. The Balaban J connectivity index is 1.88. The lowest BCUT2D eigenvalue weighted by molar-refractivity contribution is 0.0634. The fourth-order valence-corrected chi connectivity index (χ4v) is 2.56.